The van der Waals surface area contributed by atoms with Gasteiger partial charge in [-0.15, -0.1) is 0 Å². The summed E-state index contributed by atoms with van der Waals surface area (Å²) in [4.78, 5) is 32.3. The van der Waals surface area contributed by atoms with E-state index in [1.54, 1.807) is 0 Å². The van der Waals surface area contributed by atoms with E-state index in [0.29, 0.717) is 28.9 Å². The maximum atomic E-state index is 12.8. The average molecular weight is 373 g/mol. The summed E-state index contributed by atoms with van der Waals surface area (Å²) in [5.74, 6) is 1.42. The molecule has 1 aromatic carbocycles. The van der Waals surface area contributed by atoms with E-state index in [-0.39, 0.29) is 23.8 Å². The molecule has 7 heteroatoms. The van der Waals surface area contributed by atoms with E-state index >= 15 is 0 Å². The molecule has 0 aliphatic carbocycles. The zero-order chi connectivity index (χ0) is 18.5. The van der Waals surface area contributed by atoms with E-state index in [9.17, 15) is 9.59 Å². The van der Waals surface area contributed by atoms with Crippen molar-refractivity contribution < 1.29 is 9.53 Å². The fourth-order valence-electron chi connectivity index (χ4n) is 3.00. The number of carbonyl (C=O) groups is 1. The van der Waals surface area contributed by atoms with Crippen molar-refractivity contribution in [3.05, 3.63) is 45.7 Å². The Morgan fingerprint density at radius 3 is 2.81 bits per heavy atom. The van der Waals surface area contributed by atoms with Gasteiger partial charge in [-0.2, -0.15) is 0 Å². The van der Waals surface area contributed by atoms with Crippen LogP contribution in [0.1, 0.15) is 50.2 Å². The Morgan fingerprint density at radius 1 is 1.23 bits per heavy atom. The quantitative estimate of drug-likeness (QED) is 0.573. The van der Waals surface area contributed by atoms with Gasteiger partial charge in [0, 0.05) is 23.7 Å². The summed E-state index contributed by atoms with van der Waals surface area (Å²) >= 11 is 1.48. The van der Waals surface area contributed by atoms with Crippen LogP contribution < -0.4 is 15.6 Å². The standard InChI is InChI=1S/C19H23N3O3S/c1-3-9-25-14-8-6-5-7-12(14)13-11-15(23)20-17-16(13)18(24)22-19(21-17)26-10-4-2/h5-8,13H,3-4,9-11H2,1-2H3,(H2,20,21,22,23,24)/t13-/m0/s1. The number of fused-ring (bicyclic) bond motifs is 1. The van der Waals surface area contributed by atoms with Gasteiger partial charge in [0.05, 0.1) is 12.2 Å². The largest absolute Gasteiger partial charge is 0.493 e. The van der Waals surface area contributed by atoms with Crippen LogP contribution in [0.4, 0.5) is 5.82 Å². The van der Waals surface area contributed by atoms with Crippen molar-refractivity contribution in [1.29, 1.82) is 0 Å². The van der Waals surface area contributed by atoms with Crippen LogP contribution in [0, 0.1) is 0 Å². The first-order valence-electron chi connectivity index (χ1n) is 8.92. The summed E-state index contributed by atoms with van der Waals surface area (Å²) in [6.07, 6.45) is 2.06. The van der Waals surface area contributed by atoms with Gasteiger partial charge in [0.25, 0.3) is 5.56 Å². The predicted molar refractivity (Wildman–Crippen MR) is 103 cm³/mol. The first-order valence-corrected chi connectivity index (χ1v) is 9.91. The van der Waals surface area contributed by atoms with Crippen LogP contribution in [-0.4, -0.2) is 28.2 Å². The minimum Gasteiger partial charge on any atom is -0.493 e. The van der Waals surface area contributed by atoms with Crippen molar-refractivity contribution in [2.45, 2.75) is 44.2 Å². The normalized spacial score (nSPS) is 16.1. The van der Waals surface area contributed by atoms with Gasteiger partial charge in [-0.25, -0.2) is 4.98 Å². The molecule has 0 bridgehead atoms. The highest BCUT2D eigenvalue weighted by molar-refractivity contribution is 7.99. The number of ether oxygens (including phenoxy) is 1. The summed E-state index contributed by atoms with van der Waals surface area (Å²) in [6.45, 7) is 4.69. The molecule has 0 unspecified atom stereocenters. The minimum absolute atomic E-state index is 0.141. The monoisotopic (exact) mass is 373 g/mol. The average Bonchev–Trinajstić information content (AvgIpc) is 2.64. The first kappa shape index (κ1) is 18.5. The van der Waals surface area contributed by atoms with E-state index in [1.165, 1.54) is 11.8 Å². The smallest absolute Gasteiger partial charge is 0.257 e. The van der Waals surface area contributed by atoms with Gasteiger partial charge in [-0.1, -0.05) is 43.8 Å². The molecule has 1 aliphatic heterocycles. The maximum absolute atomic E-state index is 12.8. The zero-order valence-electron chi connectivity index (χ0n) is 15.0. The fourth-order valence-corrected chi connectivity index (χ4v) is 3.71. The molecule has 26 heavy (non-hydrogen) atoms. The fraction of sp³-hybridized carbons (Fsp3) is 0.421. The lowest BCUT2D eigenvalue weighted by atomic mass is 9.86. The molecule has 2 aromatic rings. The van der Waals surface area contributed by atoms with Crippen molar-refractivity contribution in [2.24, 2.45) is 0 Å². The molecule has 2 N–H and O–H groups in total. The Labute approximate surface area is 156 Å². The van der Waals surface area contributed by atoms with Gasteiger partial charge in [0.15, 0.2) is 5.16 Å². The number of amides is 1. The van der Waals surface area contributed by atoms with Crippen molar-refractivity contribution in [3.8, 4) is 5.75 Å². The second kappa shape index (κ2) is 8.40. The third kappa shape index (κ3) is 3.93. The van der Waals surface area contributed by atoms with Gasteiger partial charge >= 0.3 is 0 Å². The van der Waals surface area contributed by atoms with Crippen molar-refractivity contribution in [3.63, 3.8) is 0 Å². The lowest BCUT2D eigenvalue weighted by Gasteiger charge is -2.26. The summed E-state index contributed by atoms with van der Waals surface area (Å²) in [5.41, 5.74) is 1.14. The zero-order valence-corrected chi connectivity index (χ0v) is 15.8. The van der Waals surface area contributed by atoms with Crippen LogP contribution in [0.3, 0.4) is 0 Å². The lowest BCUT2D eigenvalue weighted by Crippen LogP contribution is -2.31. The lowest BCUT2D eigenvalue weighted by molar-refractivity contribution is -0.116. The Balaban J connectivity index is 2.04. The Kier molecular flexibility index (Phi) is 5.98. The summed E-state index contributed by atoms with van der Waals surface area (Å²) < 4.78 is 5.84. The number of nitrogens with one attached hydrogen (secondary N) is 2. The molecule has 0 saturated heterocycles. The van der Waals surface area contributed by atoms with Crippen molar-refractivity contribution in [1.82, 2.24) is 9.97 Å². The molecule has 1 aliphatic rings. The number of anilines is 1. The number of hydrogen-bond acceptors (Lipinski definition) is 5. The Morgan fingerprint density at radius 2 is 2.04 bits per heavy atom. The maximum Gasteiger partial charge on any atom is 0.257 e. The number of rotatable bonds is 7. The molecule has 0 saturated carbocycles. The molecular formula is C19H23N3O3S. The molecule has 0 spiro atoms. The molecule has 1 aromatic heterocycles. The summed E-state index contributed by atoms with van der Waals surface area (Å²) in [6, 6.07) is 7.58. The van der Waals surface area contributed by atoms with Crippen LogP contribution in [0.2, 0.25) is 0 Å². The minimum atomic E-state index is -0.367. The summed E-state index contributed by atoms with van der Waals surface area (Å²) in [5, 5.41) is 3.29. The third-order valence-electron chi connectivity index (χ3n) is 4.13. The molecule has 1 amide bonds. The highest BCUT2D eigenvalue weighted by Crippen LogP contribution is 2.38. The van der Waals surface area contributed by atoms with Gasteiger partial charge < -0.3 is 15.0 Å². The number of hydrogen-bond donors (Lipinski definition) is 2. The van der Waals surface area contributed by atoms with E-state index in [1.807, 2.05) is 31.2 Å². The number of carbonyl (C=O) groups excluding carboxylic acids is 1. The van der Waals surface area contributed by atoms with Crippen molar-refractivity contribution in [2.75, 3.05) is 17.7 Å². The van der Waals surface area contributed by atoms with Gasteiger partial charge in [-0.05, 0) is 18.9 Å². The number of para-hydroxylation sites is 1. The number of thioether (sulfide) groups is 1. The Bertz CT molecular complexity index is 850. The van der Waals surface area contributed by atoms with Gasteiger partial charge in [0.1, 0.15) is 11.6 Å². The highest BCUT2D eigenvalue weighted by atomic mass is 32.2. The molecule has 0 radical (unpaired) electrons. The van der Waals surface area contributed by atoms with Crippen molar-refractivity contribution >= 4 is 23.5 Å². The predicted octanol–water partition coefficient (Wildman–Crippen LogP) is 3.53. The molecule has 3 rings (SSSR count). The topological polar surface area (TPSA) is 84.1 Å². The summed E-state index contributed by atoms with van der Waals surface area (Å²) in [7, 11) is 0. The molecular weight excluding hydrogens is 350 g/mol. The van der Waals surface area contributed by atoms with Crippen LogP contribution in [0.15, 0.2) is 34.2 Å². The number of nitrogens with zero attached hydrogens (tertiary/aromatic N) is 1. The van der Waals surface area contributed by atoms with Crippen LogP contribution >= 0.6 is 11.8 Å². The first-order chi connectivity index (χ1) is 12.6. The SMILES string of the molecule is CCCOc1ccccc1[C@@H]1CC(=O)Nc2nc(SCCC)[nH]c(=O)c21. The van der Waals surface area contributed by atoms with E-state index in [4.69, 9.17) is 4.74 Å². The molecule has 0 fully saturated rings. The van der Waals surface area contributed by atoms with E-state index < -0.39 is 0 Å². The second-order valence-electron chi connectivity index (χ2n) is 6.17. The number of H-pyrrole nitrogens is 1. The number of benzene rings is 1. The Hall–Kier alpha value is -2.28. The molecule has 1 atom stereocenters. The highest BCUT2D eigenvalue weighted by Gasteiger charge is 2.32. The van der Waals surface area contributed by atoms with Gasteiger partial charge in [-0.3, -0.25) is 9.59 Å². The van der Waals surface area contributed by atoms with Crippen LogP contribution in [-0.2, 0) is 4.79 Å². The van der Waals surface area contributed by atoms with Crippen LogP contribution in [0.5, 0.6) is 5.75 Å². The molecule has 2 heterocycles. The number of aromatic amines is 1. The van der Waals surface area contributed by atoms with Crippen LogP contribution in [0.25, 0.3) is 0 Å². The third-order valence-corrected chi connectivity index (χ3v) is 5.21. The number of aromatic nitrogens is 2. The van der Waals surface area contributed by atoms with E-state index in [2.05, 4.69) is 22.2 Å². The second-order valence-corrected chi connectivity index (χ2v) is 7.26. The van der Waals surface area contributed by atoms with Gasteiger partial charge in [0.2, 0.25) is 5.91 Å². The molecule has 138 valence electrons. The van der Waals surface area contributed by atoms with E-state index in [0.717, 1.165) is 24.2 Å². The molecule has 6 nitrogen and oxygen atoms in total.